The summed E-state index contributed by atoms with van der Waals surface area (Å²) in [6, 6.07) is 3.27. The molecular weight excluding hydrogens is 207 g/mol. The van der Waals surface area contributed by atoms with E-state index in [0.717, 1.165) is 11.4 Å². The zero-order chi connectivity index (χ0) is 12.2. The van der Waals surface area contributed by atoms with Gasteiger partial charge >= 0.3 is 0 Å². The Balaban J connectivity index is 2.82. The minimum atomic E-state index is -0.452. The fourth-order valence-corrected chi connectivity index (χ4v) is 1.28. The molecule has 1 rings (SSSR count). The molecule has 0 fully saturated rings. The number of rotatable bonds is 4. The van der Waals surface area contributed by atoms with Crippen LogP contribution in [0.2, 0.25) is 0 Å². The lowest BCUT2D eigenvalue weighted by Gasteiger charge is -2.18. The van der Waals surface area contributed by atoms with Crippen LogP contribution in [-0.2, 0) is 10.2 Å². The lowest BCUT2D eigenvalue weighted by Crippen LogP contribution is -2.16. The van der Waals surface area contributed by atoms with E-state index >= 15 is 0 Å². The average Bonchev–Trinajstić information content (AvgIpc) is 2.16. The van der Waals surface area contributed by atoms with Gasteiger partial charge in [-0.2, -0.15) is 4.39 Å². The largest absolute Gasteiger partial charge is 0.383 e. The van der Waals surface area contributed by atoms with Crippen LogP contribution in [0, 0.1) is 5.95 Å². The van der Waals surface area contributed by atoms with Crippen molar-refractivity contribution < 1.29 is 9.13 Å². The minimum absolute atomic E-state index is 0.153. The molecule has 3 nitrogen and oxygen atoms in total. The van der Waals surface area contributed by atoms with E-state index in [4.69, 9.17) is 4.74 Å². The summed E-state index contributed by atoms with van der Waals surface area (Å²) in [7, 11) is 1.63. The number of nitrogens with one attached hydrogen (secondary N) is 1. The number of aromatic nitrogens is 1. The van der Waals surface area contributed by atoms with Crippen LogP contribution in [0.15, 0.2) is 12.1 Å². The molecule has 0 saturated heterocycles. The topological polar surface area (TPSA) is 34.1 Å². The van der Waals surface area contributed by atoms with Crippen molar-refractivity contribution in [2.75, 3.05) is 25.6 Å². The maximum Gasteiger partial charge on any atom is 0.215 e. The van der Waals surface area contributed by atoms with Gasteiger partial charge in [0.25, 0.3) is 0 Å². The van der Waals surface area contributed by atoms with Crippen molar-refractivity contribution in [2.24, 2.45) is 0 Å². The predicted octanol–water partition coefficient (Wildman–Crippen LogP) is 2.58. The van der Waals surface area contributed by atoms with Crippen LogP contribution >= 0.6 is 0 Å². The Hall–Kier alpha value is -1.16. The molecule has 0 atom stereocenters. The summed E-state index contributed by atoms with van der Waals surface area (Å²) in [6.07, 6.45) is 0. The molecule has 0 amide bonds. The lowest BCUT2D eigenvalue weighted by molar-refractivity contribution is 0.211. The molecule has 1 N–H and O–H groups in total. The zero-order valence-corrected chi connectivity index (χ0v) is 10.3. The highest BCUT2D eigenvalue weighted by molar-refractivity contribution is 5.44. The van der Waals surface area contributed by atoms with Gasteiger partial charge in [-0.3, -0.25) is 0 Å². The summed E-state index contributed by atoms with van der Waals surface area (Å²) < 4.78 is 18.2. The van der Waals surface area contributed by atoms with Gasteiger partial charge in [0.1, 0.15) is 0 Å². The molecule has 1 aromatic heterocycles. The zero-order valence-electron chi connectivity index (χ0n) is 10.3. The van der Waals surface area contributed by atoms with E-state index < -0.39 is 5.95 Å². The number of hydrogen-bond acceptors (Lipinski definition) is 3. The molecule has 1 aromatic rings. The number of anilines is 1. The summed E-state index contributed by atoms with van der Waals surface area (Å²) in [5.41, 5.74) is 1.33. The molecule has 0 aromatic carbocycles. The maximum atomic E-state index is 13.3. The van der Waals surface area contributed by atoms with Crippen LogP contribution in [0.3, 0.4) is 0 Å². The summed E-state index contributed by atoms with van der Waals surface area (Å²) >= 11 is 0. The van der Waals surface area contributed by atoms with Crippen molar-refractivity contribution in [1.29, 1.82) is 0 Å². The fraction of sp³-hybridized carbons (Fsp3) is 0.583. The number of hydrogen-bond donors (Lipinski definition) is 1. The van der Waals surface area contributed by atoms with Gasteiger partial charge < -0.3 is 10.1 Å². The Morgan fingerprint density at radius 2 is 2.06 bits per heavy atom. The van der Waals surface area contributed by atoms with E-state index in [1.165, 1.54) is 6.07 Å². The first-order chi connectivity index (χ1) is 7.43. The Labute approximate surface area is 96.0 Å². The second-order valence-electron chi connectivity index (χ2n) is 4.73. The van der Waals surface area contributed by atoms with Gasteiger partial charge in [-0.05, 0) is 6.07 Å². The van der Waals surface area contributed by atoms with E-state index in [0.29, 0.717) is 13.2 Å². The molecule has 0 bridgehead atoms. The van der Waals surface area contributed by atoms with Gasteiger partial charge in [-0.15, -0.1) is 0 Å². The second-order valence-corrected chi connectivity index (χ2v) is 4.73. The monoisotopic (exact) mass is 226 g/mol. The van der Waals surface area contributed by atoms with E-state index in [1.54, 1.807) is 7.11 Å². The van der Waals surface area contributed by atoms with Crippen molar-refractivity contribution in [2.45, 2.75) is 26.2 Å². The number of ether oxygens (including phenoxy) is 1. The van der Waals surface area contributed by atoms with Gasteiger partial charge in [0.2, 0.25) is 5.95 Å². The van der Waals surface area contributed by atoms with Crippen LogP contribution in [-0.4, -0.2) is 25.2 Å². The highest BCUT2D eigenvalue weighted by Gasteiger charge is 2.17. The molecule has 0 spiro atoms. The van der Waals surface area contributed by atoms with Crippen LogP contribution in [0.1, 0.15) is 26.5 Å². The lowest BCUT2D eigenvalue weighted by atomic mass is 9.91. The second kappa shape index (κ2) is 5.25. The van der Waals surface area contributed by atoms with Gasteiger partial charge in [0, 0.05) is 30.8 Å². The number of methoxy groups -OCH3 is 1. The average molecular weight is 226 g/mol. The highest BCUT2D eigenvalue weighted by atomic mass is 19.1. The molecule has 0 aliphatic rings. The molecule has 1 heterocycles. The van der Waals surface area contributed by atoms with E-state index in [9.17, 15) is 4.39 Å². The number of halogens is 1. The van der Waals surface area contributed by atoms with Crippen LogP contribution in [0.25, 0.3) is 0 Å². The molecule has 90 valence electrons. The standard InChI is InChI=1S/C12H19FN2O/c1-12(2,3)10-7-9(8-11(13)15-10)14-5-6-16-4/h7-8H,5-6H2,1-4H3,(H,14,15). The Morgan fingerprint density at radius 3 is 2.62 bits per heavy atom. The quantitative estimate of drug-likeness (QED) is 0.633. The first-order valence-corrected chi connectivity index (χ1v) is 5.34. The first kappa shape index (κ1) is 12.9. The summed E-state index contributed by atoms with van der Waals surface area (Å²) in [5.74, 6) is -0.452. The normalized spacial score (nSPS) is 11.6. The summed E-state index contributed by atoms with van der Waals surface area (Å²) in [5, 5.41) is 3.09. The third-order valence-electron chi connectivity index (χ3n) is 2.20. The molecular formula is C12H19FN2O. The molecule has 16 heavy (non-hydrogen) atoms. The van der Waals surface area contributed by atoms with E-state index in [-0.39, 0.29) is 5.41 Å². The van der Waals surface area contributed by atoms with E-state index in [1.807, 2.05) is 26.8 Å². The number of nitrogens with zero attached hydrogens (tertiary/aromatic N) is 1. The van der Waals surface area contributed by atoms with Gasteiger partial charge in [-0.1, -0.05) is 20.8 Å². The smallest absolute Gasteiger partial charge is 0.215 e. The Bertz CT molecular complexity index is 347. The Morgan fingerprint density at radius 1 is 1.38 bits per heavy atom. The van der Waals surface area contributed by atoms with Crippen molar-refractivity contribution in [3.63, 3.8) is 0 Å². The molecule has 0 aliphatic heterocycles. The van der Waals surface area contributed by atoms with Gasteiger partial charge in [-0.25, -0.2) is 4.98 Å². The van der Waals surface area contributed by atoms with E-state index in [2.05, 4.69) is 10.3 Å². The van der Waals surface area contributed by atoms with Crippen molar-refractivity contribution in [3.05, 3.63) is 23.8 Å². The summed E-state index contributed by atoms with van der Waals surface area (Å²) in [4.78, 5) is 3.90. The maximum absolute atomic E-state index is 13.3. The molecule has 4 heteroatoms. The first-order valence-electron chi connectivity index (χ1n) is 5.34. The minimum Gasteiger partial charge on any atom is -0.383 e. The molecule has 0 unspecified atom stereocenters. The van der Waals surface area contributed by atoms with Crippen molar-refractivity contribution in [3.8, 4) is 0 Å². The third-order valence-corrected chi connectivity index (χ3v) is 2.20. The molecule has 0 radical (unpaired) electrons. The van der Waals surface area contributed by atoms with Gasteiger partial charge in [0.15, 0.2) is 0 Å². The number of pyridine rings is 1. The van der Waals surface area contributed by atoms with Crippen LogP contribution in [0.5, 0.6) is 0 Å². The molecule has 0 aliphatic carbocycles. The molecule has 0 saturated carbocycles. The fourth-order valence-electron chi connectivity index (χ4n) is 1.28. The van der Waals surface area contributed by atoms with Gasteiger partial charge in [0.05, 0.1) is 12.3 Å². The van der Waals surface area contributed by atoms with Crippen molar-refractivity contribution >= 4 is 5.69 Å². The predicted molar refractivity (Wildman–Crippen MR) is 63.3 cm³/mol. The summed E-state index contributed by atoms with van der Waals surface area (Å²) in [6.45, 7) is 7.27. The highest BCUT2D eigenvalue weighted by Crippen LogP contribution is 2.23. The van der Waals surface area contributed by atoms with Crippen LogP contribution in [0.4, 0.5) is 10.1 Å². The Kier molecular flexibility index (Phi) is 4.24. The third kappa shape index (κ3) is 3.77. The SMILES string of the molecule is COCCNc1cc(F)nc(C(C)(C)C)c1. The van der Waals surface area contributed by atoms with Crippen LogP contribution < -0.4 is 5.32 Å². The van der Waals surface area contributed by atoms with Crippen molar-refractivity contribution in [1.82, 2.24) is 4.98 Å².